The number of nitrogens with zero attached hydrogens (tertiary/aromatic N) is 2. The first-order chi connectivity index (χ1) is 17.2. The van der Waals surface area contributed by atoms with Crippen LogP contribution in [0, 0.1) is 0 Å². The SMILES string of the molecule is O=c1oc(Cc2ccc(N(c3ccccc3)c3ccccc3)cc2)c(O)n1CCc1ccccc1. The number of benzene rings is 4. The Morgan fingerprint density at radius 3 is 1.74 bits per heavy atom. The number of aromatic nitrogens is 1. The van der Waals surface area contributed by atoms with Crippen LogP contribution in [0.1, 0.15) is 16.9 Å². The molecule has 0 atom stereocenters. The van der Waals surface area contributed by atoms with Gasteiger partial charge in [0.25, 0.3) is 0 Å². The second-order valence-electron chi connectivity index (χ2n) is 8.35. The molecule has 5 aromatic rings. The lowest BCUT2D eigenvalue weighted by molar-refractivity contribution is 0.408. The predicted molar refractivity (Wildman–Crippen MR) is 139 cm³/mol. The van der Waals surface area contributed by atoms with Crippen LogP contribution in [0.4, 0.5) is 17.1 Å². The van der Waals surface area contributed by atoms with E-state index in [0.29, 0.717) is 19.4 Å². The Balaban J connectivity index is 1.36. The number of aromatic hydroxyl groups is 1. The fourth-order valence-electron chi connectivity index (χ4n) is 4.19. The van der Waals surface area contributed by atoms with Gasteiger partial charge in [0.15, 0.2) is 5.76 Å². The average molecular weight is 463 g/mol. The molecule has 0 spiro atoms. The van der Waals surface area contributed by atoms with Crippen LogP contribution in [0.5, 0.6) is 5.88 Å². The maximum atomic E-state index is 12.4. The lowest BCUT2D eigenvalue weighted by Gasteiger charge is -2.25. The molecule has 0 amide bonds. The third-order valence-electron chi connectivity index (χ3n) is 5.99. The van der Waals surface area contributed by atoms with E-state index in [-0.39, 0.29) is 11.6 Å². The number of rotatable bonds is 8. The van der Waals surface area contributed by atoms with Gasteiger partial charge in [-0.15, -0.1) is 0 Å². The monoisotopic (exact) mass is 462 g/mol. The molecule has 0 aliphatic carbocycles. The van der Waals surface area contributed by atoms with Gasteiger partial charge in [0.05, 0.1) is 0 Å². The predicted octanol–water partition coefficient (Wildman–Crippen LogP) is 6.45. The molecule has 5 heteroatoms. The maximum Gasteiger partial charge on any atom is 0.422 e. The van der Waals surface area contributed by atoms with Crippen LogP contribution in [0.3, 0.4) is 0 Å². The van der Waals surface area contributed by atoms with Crippen molar-refractivity contribution in [3.05, 3.63) is 143 Å². The molecule has 0 fully saturated rings. The van der Waals surface area contributed by atoms with E-state index < -0.39 is 5.76 Å². The highest BCUT2D eigenvalue weighted by Gasteiger charge is 2.17. The van der Waals surface area contributed by atoms with E-state index in [1.807, 2.05) is 91.0 Å². The largest absolute Gasteiger partial charge is 0.492 e. The number of hydrogen-bond acceptors (Lipinski definition) is 4. The summed E-state index contributed by atoms with van der Waals surface area (Å²) in [5.41, 5.74) is 5.17. The fourth-order valence-corrected chi connectivity index (χ4v) is 4.19. The standard InChI is InChI=1S/C30H26N2O3/c33-29-28(35-30(34)31(29)21-20-23-10-4-1-5-11-23)22-24-16-18-27(19-17-24)32(25-12-6-2-7-13-25)26-14-8-3-9-15-26/h1-19,33H,20-22H2. The molecule has 4 aromatic carbocycles. The molecule has 5 rings (SSSR count). The first-order valence-electron chi connectivity index (χ1n) is 11.6. The first-order valence-corrected chi connectivity index (χ1v) is 11.6. The topological polar surface area (TPSA) is 58.6 Å². The van der Waals surface area contributed by atoms with E-state index in [4.69, 9.17) is 4.42 Å². The lowest BCUT2D eigenvalue weighted by Crippen LogP contribution is -2.15. The zero-order valence-corrected chi connectivity index (χ0v) is 19.2. The molecular formula is C30H26N2O3. The van der Waals surface area contributed by atoms with Crippen molar-refractivity contribution in [1.29, 1.82) is 0 Å². The summed E-state index contributed by atoms with van der Waals surface area (Å²) in [6.07, 6.45) is 0.965. The Kier molecular flexibility index (Phi) is 6.48. The summed E-state index contributed by atoms with van der Waals surface area (Å²) < 4.78 is 6.70. The van der Waals surface area contributed by atoms with Gasteiger partial charge in [-0.3, -0.25) is 0 Å². The van der Waals surface area contributed by atoms with Crippen molar-refractivity contribution < 1.29 is 9.52 Å². The first kappa shape index (κ1) is 22.3. The number of hydrogen-bond donors (Lipinski definition) is 1. The summed E-state index contributed by atoms with van der Waals surface area (Å²) in [5.74, 6) is -0.367. The van der Waals surface area contributed by atoms with Gasteiger partial charge in [-0.2, -0.15) is 0 Å². The van der Waals surface area contributed by atoms with Crippen molar-refractivity contribution in [2.75, 3.05) is 4.90 Å². The number of oxazole rings is 1. The third-order valence-corrected chi connectivity index (χ3v) is 5.99. The van der Waals surface area contributed by atoms with Gasteiger partial charge in [-0.25, -0.2) is 9.36 Å². The smallest absolute Gasteiger partial charge is 0.422 e. The maximum absolute atomic E-state index is 12.4. The second kappa shape index (κ2) is 10.2. The van der Waals surface area contributed by atoms with Crippen molar-refractivity contribution in [3.8, 4) is 5.88 Å². The molecule has 0 bridgehead atoms. The normalized spacial score (nSPS) is 10.9. The van der Waals surface area contributed by atoms with Crippen LogP contribution in [0.25, 0.3) is 0 Å². The van der Waals surface area contributed by atoms with Crippen molar-refractivity contribution in [2.45, 2.75) is 19.4 Å². The van der Waals surface area contributed by atoms with Gasteiger partial charge < -0.3 is 14.4 Å². The highest BCUT2D eigenvalue weighted by atomic mass is 16.4. The quantitative estimate of drug-likeness (QED) is 0.288. The van der Waals surface area contributed by atoms with Crippen molar-refractivity contribution >= 4 is 17.1 Å². The Morgan fingerprint density at radius 2 is 1.17 bits per heavy atom. The Bertz CT molecular complexity index is 1380. The summed E-state index contributed by atoms with van der Waals surface area (Å²) in [6.45, 7) is 0.361. The summed E-state index contributed by atoms with van der Waals surface area (Å²) in [7, 11) is 0. The Hall–Kier alpha value is -4.51. The van der Waals surface area contributed by atoms with Gasteiger partial charge in [0, 0.05) is 30.0 Å². The molecule has 1 aromatic heterocycles. The van der Waals surface area contributed by atoms with Crippen LogP contribution in [0.2, 0.25) is 0 Å². The summed E-state index contributed by atoms with van der Waals surface area (Å²) in [5, 5.41) is 10.7. The Labute approximate surface area is 204 Å². The molecule has 0 radical (unpaired) electrons. The zero-order valence-electron chi connectivity index (χ0n) is 19.2. The second-order valence-corrected chi connectivity index (χ2v) is 8.35. The minimum Gasteiger partial charge on any atom is -0.492 e. The van der Waals surface area contributed by atoms with Gasteiger partial charge in [0.2, 0.25) is 5.88 Å². The highest BCUT2D eigenvalue weighted by Crippen LogP contribution is 2.34. The minimum absolute atomic E-state index is 0.106. The molecule has 5 nitrogen and oxygen atoms in total. The Morgan fingerprint density at radius 1 is 0.657 bits per heavy atom. The number of anilines is 3. The van der Waals surface area contributed by atoms with Crippen LogP contribution in [-0.2, 0) is 19.4 Å². The molecule has 174 valence electrons. The van der Waals surface area contributed by atoms with E-state index in [1.165, 1.54) is 4.57 Å². The molecule has 1 heterocycles. The average Bonchev–Trinajstić information content (AvgIpc) is 3.17. The van der Waals surface area contributed by atoms with Gasteiger partial charge in [-0.05, 0) is 53.9 Å². The van der Waals surface area contributed by atoms with Crippen molar-refractivity contribution in [3.63, 3.8) is 0 Å². The van der Waals surface area contributed by atoms with Crippen LogP contribution in [-0.4, -0.2) is 9.67 Å². The van der Waals surface area contributed by atoms with Crippen LogP contribution in [0.15, 0.2) is 124 Å². The van der Waals surface area contributed by atoms with E-state index in [1.54, 1.807) is 0 Å². The molecule has 0 aliphatic heterocycles. The number of para-hydroxylation sites is 2. The summed E-state index contributed by atoms with van der Waals surface area (Å²) in [4.78, 5) is 14.5. The van der Waals surface area contributed by atoms with E-state index in [0.717, 1.165) is 28.2 Å². The summed E-state index contributed by atoms with van der Waals surface area (Å²) >= 11 is 0. The van der Waals surface area contributed by atoms with Gasteiger partial charge in [-0.1, -0.05) is 78.9 Å². The zero-order chi connectivity index (χ0) is 24.0. The molecule has 0 saturated heterocycles. The van der Waals surface area contributed by atoms with Crippen LogP contribution >= 0.6 is 0 Å². The molecule has 0 unspecified atom stereocenters. The molecule has 35 heavy (non-hydrogen) atoms. The molecular weight excluding hydrogens is 436 g/mol. The van der Waals surface area contributed by atoms with Gasteiger partial charge in [0.1, 0.15) is 0 Å². The van der Waals surface area contributed by atoms with Crippen LogP contribution < -0.4 is 10.7 Å². The highest BCUT2D eigenvalue weighted by molar-refractivity contribution is 5.76. The lowest BCUT2D eigenvalue weighted by atomic mass is 10.1. The van der Waals surface area contributed by atoms with Crippen molar-refractivity contribution in [1.82, 2.24) is 4.57 Å². The van der Waals surface area contributed by atoms with E-state index >= 15 is 0 Å². The minimum atomic E-state index is -0.538. The molecule has 1 N–H and O–H groups in total. The van der Waals surface area contributed by atoms with Gasteiger partial charge >= 0.3 is 5.76 Å². The summed E-state index contributed by atoms with van der Waals surface area (Å²) in [6, 6.07) is 38.3. The van der Waals surface area contributed by atoms with Crippen molar-refractivity contribution in [2.24, 2.45) is 0 Å². The molecule has 0 saturated carbocycles. The van der Waals surface area contributed by atoms with E-state index in [9.17, 15) is 9.90 Å². The van der Waals surface area contributed by atoms with E-state index in [2.05, 4.69) is 29.2 Å². The third kappa shape index (κ3) is 5.04. The number of aryl methyl sites for hydroxylation is 1. The molecule has 0 aliphatic rings. The fraction of sp³-hybridized carbons (Fsp3) is 0.100.